The molecular formula is C14H18F3NO2S. The second-order valence-electron chi connectivity index (χ2n) is 5.48. The molecule has 1 aromatic rings. The van der Waals surface area contributed by atoms with Crippen LogP contribution in [0.25, 0.3) is 0 Å². The Kier molecular flexibility index (Phi) is 4.63. The average molecular weight is 321 g/mol. The van der Waals surface area contributed by atoms with Crippen LogP contribution in [-0.4, -0.2) is 20.6 Å². The maximum atomic E-state index is 12.6. The van der Waals surface area contributed by atoms with Gasteiger partial charge in [0.25, 0.3) is 0 Å². The molecule has 1 saturated carbocycles. The Hall–Kier alpha value is -1.08. The summed E-state index contributed by atoms with van der Waals surface area (Å²) in [5.41, 5.74) is 0.619. The summed E-state index contributed by atoms with van der Waals surface area (Å²) in [6.45, 7) is 1.69. The number of hydrogen-bond acceptors (Lipinski definition) is 2. The molecule has 118 valence electrons. The molecular weight excluding hydrogens is 303 g/mol. The normalized spacial score (nSPS) is 24.0. The number of aryl methyl sites for hydroxylation is 1. The fourth-order valence-corrected chi connectivity index (χ4v) is 4.23. The van der Waals surface area contributed by atoms with Gasteiger partial charge in [-0.1, -0.05) is 18.2 Å². The highest BCUT2D eigenvalue weighted by atomic mass is 32.2. The number of sulfonamides is 1. The SMILES string of the molecule is Cc1ccccc1S(=O)(=O)NC1CCC(C(F)(F)F)CC1. The summed E-state index contributed by atoms with van der Waals surface area (Å²) < 4.78 is 64.8. The molecule has 2 rings (SSSR count). The number of rotatable bonds is 3. The van der Waals surface area contributed by atoms with Crippen molar-refractivity contribution in [3.63, 3.8) is 0 Å². The van der Waals surface area contributed by atoms with Crippen LogP contribution in [0.15, 0.2) is 29.2 Å². The van der Waals surface area contributed by atoms with Crippen molar-refractivity contribution in [2.75, 3.05) is 0 Å². The van der Waals surface area contributed by atoms with Crippen molar-refractivity contribution in [1.82, 2.24) is 4.72 Å². The van der Waals surface area contributed by atoms with E-state index in [1.165, 1.54) is 6.07 Å². The maximum Gasteiger partial charge on any atom is 0.391 e. The molecule has 1 fully saturated rings. The number of benzene rings is 1. The van der Waals surface area contributed by atoms with Gasteiger partial charge in [0.1, 0.15) is 0 Å². The van der Waals surface area contributed by atoms with Crippen LogP contribution in [0.2, 0.25) is 0 Å². The van der Waals surface area contributed by atoms with Crippen molar-refractivity contribution in [3.05, 3.63) is 29.8 Å². The van der Waals surface area contributed by atoms with Crippen LogP contribution in [0.3, 0.4) is 0 Å². The Balaban J connectivity index is 2.02. The van der Waals surface area contributed by atoms with Gasteiger partial charge < -0.3 is 0 Å². The average Bonchev–Trinajstić information content (AvgIpc) is 2.38. The molecule has 0 saturated heterocycles. The largest absolute Gasteiger partial charge is 0.391 e. The van der Waals surface area contributed by atoms with Crippen LogP contribution in [0.4, 0.5) is 13.2 Å². The van der Waals surface area contributed by atoms with Gasteiger partial charge in [-0.15, -0.1) is 0 Å². The molecule has 0 bridgehead atoms. The molecule has 21 heavy (non-hydrogen) atoms. The van der Waals surface area contributed by atoms with E-state index < -0.39 is 28.2 Å². The van der Waals surface area contributed by atoms with Crippen LogP contribution >= 0.6 is 0 Å². The van der Waals surface area contributed by atoms with Gasteiger partial charge in [0.05, 0.1) is 10.8 Å². The summed E-state index contributed by atoms with van der Waals surface area (Å²) in [5, 5.41) is 0. The predicted octanol–water partition coefficient (Wildman–Crippen LogP) is 3.39. The molecule has 0 unspecified atom stereocenters. The summed E-state index contributed by atoms with van der Waals surface area (Å²) in [6, 6.07) is 6.13. The third-order valence-electron chi connectivity index (χ3n) is 3.90. The second-order valence-corrected chi connectivity index (χ2v) is 7.16. The highest BCUT2D eigenvalue weighted by Gasteiger charge is 2.41. The van der Waals surface area contributed by atoms with Crippen molar-refractivity contribution >= 4 is 10.0 Å². The predicted molar refractivity (Wildman–Crippen MR) is 73.3 cm³/mol. The molecule has 0 heterocycles. The van der Waals surface area contributed by atoms with Gasteiger partial charge >= 0.3 is 6.18 Å². The van der Waals surface area contributed by atoms with E-state index in [4.69, 9.17) is 0 Å². The Morgan fingerprint density at radius 1 is 1.10 bits per heavy atom. The molecule has 1 N–H and O–H groups in total. The van der Waals surface area contributed by atoms with Gasteiger partial charge in [-0.25, -0.2) is 13.1 Å². The van der Waals surface area contributed by atoms with Crippen molar-refractivity contribution in [1.29, 1.82) is 0 Å². The fourth-order valence-electron chi connectivity index (χ4n) is 2.68. The summed E-state index contributed by atoms with van der Waals surface area (Å²) in [4.78, 5) is 0.183. The number of hydrogen-bond donors (Lipinski definition) is 1. The molecule has 1 aromatic carbocycles. The summed E-state index contributed by atoms with van der Waals surface area (Å²) in [6.07, 6.45) is -3.79. The van der Waals surface area contributed by atoms with Gasteiger partial charge in [-0.05, 0) is 44.2 Å². The lowest BCUT2D eigenvalue weighted by molar-refractivity contribution is -0.182. The Bertz CT molecular complexity index is 590. The molecule has 0 amide bonds. The van der Waals surface area contributed by atoms with E-state index in [1.54, 1.807) is 25.1 Å². The summed E-state index contributed by atoms with van der Waals surface area (Å²) in [7, 11) is -3.67. The molecule has 0 radical (unpaired) electrons. The van der Waals surface area contributed by atoms with E-state index >= 15 is 0 Å². The number of nitrogens with one attached hydrogen (secondary N) is 1. The molecule has 0 aromatic heterocycles. The molecule has 1 aliphatic rings. The zero-order chi connectivity index (χ0) is 15.7. The Morgan fingerprint density at radius 3 is 2.19 bits per heavy atom. The lowest BCUT2D eigenvalue weighted by Crippen LogP contribution is -2.40. The first-order valence-electron chi connectivity index (χ1n) is 6.85. The fraction of sp³-hybridized carbons (Fsp3) is 0.571. The maximum absolute atomic E-state index is 12.6. The molecule has 1 aliphatic carbocycles. The summed E-state index contributed by atoms with van der Waals surface area (Å²) >= 11 is 0. The lowest BCUT2D eigenvalue weighted by Gasteiger charge is -2.30. The Morgan fingerprint density at radius 2 is 1.67 bits per heavy atom. The van der Waals surface area contributed by atoms with Crippen LogP contribution in [0.5, 0.6) is 0 Å². The van der Waals surface area contributed by atoms with Gasteiger partial charge in [0.2, 0.25) is 10.0 Å². The Labute approximate surface area is 122 Å². The molecule has 3 nitrogen and oxygen atoms in total. The van der Waals surface area contributed by atoms with Crippen LogP contribution in [0.1, 0.15) is 31.2 Å². The zero-order valence-corrected chi connectivity index (χ0v) is 12.5. The van der Waals surface area contributed by atoms with Gasteiger partial charge in [-0.2, -0.15) is 13.2 Å². The van der Waals surface area contributed by atoms with Gasteiger partial charge in [0.15, 0.2) is 0 Å². The van der Waals surface area contributed by atoms with E-state index in [2.05, 4.69) is 4.72 Å². The van der Waals surface area contributed by atoms with E-state index in [-0.39, 0.29) is 30.6 Å². The second kappa shape index (κ2) is 5.96. The van der Waals surface area contributed by atoms with Crippen LogP contribution in [-0.2, 0) is 10.0 Å². The molecule has 0 atom stereocenters. The molecule has 0 spiro atoms. The quantitative estimate of drug-likeness (QED) is 0.927. The first kappa shape index (κ1) is 16.3. The van der Waals surface area contributed by atoms with Gasteiger partial charge in [0, 0.05) is 6.04 Å². The van der Waals surface area contributed by atoms with E-state index in [0.717, 1.165) is 0 Å². The van der Waals surface area contributed by atoms with Crippen molar-refractivity contribution in [3.8, 4) is 0 Å². The third-order valence-corrected chi connectivity index (χ3v) is 5.58. The third kappa shape index (κ3) is 3.97. The zero-order valence-electron chi connectivity index (χ0n) is 11.7. The minimum Gasteiger partial charge on any atom is -0.208 e. The monoisotopic (exact) mass is 321 g/mol. The van der Waals surface area contributed by atoms with E-state index in [0.29, 0.717) is 5.56 Å². The molecule has 7 heteroatoms. The first-order valence-corrected chi connectivity index (χ1v) is 8.33. The topological polar surface area (TPSA) is 46.2 Å². The lowest BCUT2D eigenvalue weighted by atomic mass is 9.86. The van der Waals surface area contributed by atoms with Gasteiger partial charge in [-0.3, -0.25) is 0 Å². The summed E-state index contributed by atoms with van der Waals surface area (Å²) in [5.74, 6) is -1.31. The van der Waals surface area contributed by atoms with E-state index in [9.17, 15) is 21.6 Å². The number of halogens is 3. The van der Waals surface area contributed by atoms with Crippen molar-refractivity contribution < 1.29 is 21.6 Å². The van der Waals surface area contributed by atoms with Crippen LogP contribution < -0.4 is 4.72 Å². The van der Waals surface area contributed by atoms with Crippen LogP contribution in [0, 0.1) is 12.8 Å². The first-order chi connectivity index (χ1) is 9.70. The van der Waals surface area contributed by atoms with E-state index in [1.807, 2.05) is 0 Å². The highest BCUT2D eigenvalue weighted by Crippen LogP contribution is 2.37. The molecule has 0 aliphatic heterocycles. The highest BCUT2D eigenvalue weighted by molar-refractivity contribution is 7.89. The minimum absolute atomic E-state index is 0.0234. The standard InChI is InChI=1S/C14H18F3NO2S/c1-10-4-2-3-5-13(10)21(19,20)18-12-8-6-11(7-9-12)14(15,16)17/h2-5,11-12,18H,6-9H2,1H3. The minimum atomic E-state index is -4.18. The van der Waals surface area contributed by atoms with Crippen molar-refractivity contribution in [2.24, 2.45) is 5.92 Å². The van der Waals surface area contributed by atoms with Crippen molar-refractivity contribution in [2.45, 2.75) is 49.7 Å². The number of alkyl halides is 3. The smallest absolute Gasteiger partial charge is 0.208 e.